The Bertz CT molecular complexity index is 368. The van der Waals surface area contributed by atoms with Crippen molar-refractivity contribution in [3.05, 3.63) is 0 Å². The molecule has 0 radical (unpaired) electrons. The Morgan fingerprint density at radius 2 is 1.59 bits per heavy atom. The number of nitrogens with zero attached hydrogens (tertiary/aromatic N) is 3. The molecule has 22 heavy (non-hydrogen) atoms. The van der Waals surface area contributed by atoms with Crippen LogP contribution in [0.25, 0.3) is 0 Å². The van der Waals surface area contributed by atoms with Gasteiger partial charge in [0.15, 0.2) is 0 Å². The zero-order valence-corrected chi connectivity index (χ0v) is 14.2. The fourth-order valence-electron chi connectivity index (χ4n) is 3.61. The molecule has 2 fully saturated rings. The van der Waals surface area contributed by atoms with E-state index in [2.05, 4.69) is 4.90 Å². The van der Waals surface area contributed by atoms with Crippen LogP contribution in [0.1, 0.15) is 46.0 Å². The molecule has 2 amide bonds. The van der Waals surface area contributed by atoms with E-state index in [1.165, 1.54) is 25.7 Å². The first-order valence-corrected chi connectivity index (χ1v) is 8.92. The number of likely N-dealkylation sites (N-methyl/N-ethyl adjacent to an activating group) is 1. The second kappa shape index (κ2) is 8.51. The molecule has 126 valence electrons. The van der Waals surface area contributed by atoms with Crippen LogP contribution in [-0.2, 0) is 9.59 Å². The highest BCUT2D eigenvalue weighted by molar-refractivity contribution is 5.78. The van der Waals surface area contributed by atoms with Crippen LogP contribution >= 0.6 is 0 Å². The van der Waals surface area contributed by atoms with Gasteiger partial charge in [-0.2, -0.15) is 0 Å². The van der Waals surface area contributed by atoms with Crippen molar-refractivity contribution in [2.24, 2.45) is 5.92 Å². The summed E-state index contributed by atoms with van der Waals surface area (Å²) in [5, 5.41) is 0. The van der Waals surface area contributed by atoms with Crippen molar-refractivity contribution >= 4 is 11.8 Å². The normalized spacial score (nSPS) is 20.4. The molecule has 1 aliphatic heterocycles. The highest BCUT2D eigenvalue weighted by Gasteiger charge is 2.26. The van der Waals surface area contributed by atoms with Gasteiger partial charge >= 0.3 is 0 Å². The lowest BCUT2D eigenvalue weighted by atomic mass is 10.0. The van der Waals surface area contributed by atoms with Crippen molar-refractivity contribution in [1.29, 1.82) is 0 Å². The van der Waals surface area contributed by atoms with Crippen molar-refractivity contribution in [2.75, 3.05) is 45.8 Å². The average Bonchev–Trinajstić information content (AvgIpc) is 3.02. The summed E-state index contributed by atoms with van der Waals surface area (Å²) in [5.74, 6) is 1.15. The molecule has 5 nitrogen and oxygen atoms in total. The number of rotatable bonds is 6. The van der Waals surface area contributed by atoms with Crippen molar-refractivity contribution in [3.63, 3.8) is 0 Å². The molecule has 1 aliphatic carbocycles. The minimum Gasteiger partial charge on any atom is -0.342 e. The van der Waals surface area contributed by atoms with Gasteiger partial charge < -0.3 is 9.80 Å². The lowest BCUT2D eigenvalue weighted by molar-refractivity contribution is -0.135. The number of carbonyl (C=O) groups excluding carboxylic acids is 2. The summed E-state index contributed by atoms with van der Waals surface area (Å²) < 4.78 is 0. The summed E-state index contributed by atoms with van der Waals surface area (Å²) in [7, 11) is 0. The Morgan fingerprint density at radius 3 is 2.14 bits per heavy atom. The lowest BCUT2D eigenvalue weighted by Gasteiger charge is -2.35. The zero-order chi connectivity index (χ0) is 15.9. The molecule has 0 aromatic carbocycles. The van der Waals surface area contributed by atoms with Gasteiger partial charge in [-0.25, -0.2) is 0 Å². The topological polar surface area (TPSA) is 43.9 Å². The standard InChI is InChI=1S/C17H31N3O2/c1-3-19(4-2)17(22)14-18-9-11-20(12-10-18)16(21)13-15-7-5-6-8-15/h15H,3-14H2,1-2H3. The maximum Gasteiger partial charge on any atom is 0.236 e. The molecule has 2 aliphatic rings. The van der Waals surface area contributed by atoms with Crippen LogP contribution in [0.5, 0.6) is 0 Å². The van der Waals surface area contributed by atoms with Crippen molar-refractivity contribution < 1.29 is 9.59 Å². The monoisotopic (exact) mass is 309 g/mol. The number of hydrogen-bond acceptors (Lipinski definition) is 3. The highest BCUT2D eigenvalue weighted by atomic mass is 16.2. The summed E-state index contributed by atoms with van der Waals surface area (Å²) >= 11 is 0. The first-order chi connectivity index (χ1) is 10.6. The minimum atomic E-state index is 0.204. The van der Waals surface area contributed by atoms with E-state index in [1.54, 1.807) is 0 Å². The van der Waals surface area contributed by atoms with Crippen LogP contribution in [0.2, 0.25) is 0 Å². The summed E-state index contributed by atoms with van der Waals surface area (Å²) in [5.41, 5.74) is 0. The summed E-state index contributed by atoms with van der Waals surface area (Å²) in [6, 6.07) is 0. The van der Waals surface area contributed by atoms with Gasteiger partial charge in [0.25, 0.3) is 0 Å². The van der Waals surface area contributed by atoms with Gasteiger partial charge in [-0.15, -0.1) is 0 Å². The van der Waals surface area contributed by atoms with Gasteiger partial charge in [-0.3, -0.25) is 14.5 Å². The van der Waals surface area contributed by atoms with Gasteiger partial charge in [0.1, 0.15) is 0 Å². The van der Waals surface area contributed by atoms with E-state index in [1.807, 2.05) is 23.6 Å². The number of amides is 2. The molecule has 0 bridgehead atoms. The molecule has 0 atom stereocenters. The highest BCUT2D eigenvalue weighted by Crippen LogP contribution is 2.28. The quantitative estimate of drug-likeness (QED) is 0.748. The van der Waals surface area contributed by atoms with Crippen molar-refractivity contribution in [1.82, 2.24) is 14.7 Å². The molecular weight excluding hydrogens is 278 g/mol. The third-order valence-electron chi connectivity index (χ3n) is 5.14. The molecule has 0 spiro atoms. The minimum absolute atomic E-state index is 0.204. The second-order valence-electron chi connectivity index (χ2n) is 6.58. The molecule has 0 aromatic heterocycles. The Hall–Kier alpha value is -1.10. The number of piperazine rings is 1. The van der Waals surface area contributed by atoms with Gasteiger partial charge in [-0.1, -0.05) is 12.8 Å². The SMILES string of the molecule is CCN(CC)C(=O)CN1CCN(C(=O)CC2CCCC2)CC1. The number of hydrogen-bond donors (Lipinski definition) is 0. The molecular formula is C17H31N3O2. The van der Waals surface area contributed by atoms with E-state index >= 15 is 0 Å². The summed E-state index contributed by atoms with van der Waals surface area (Å²) in [4.78, 5) is 30.5. The molecule has 0 N–H and O–H groups in total. The predicted octanol–water partition coefficient (Wildman–Crippen LogP) is 1.58. The van der Waals surface area contributed by atoms with E-state index in [0.29, 0.717) is 18.4 Å². The van der Waals surface area contributed by atoms with E-state index in [0.717, 1.165) is 45.7 Å². The molecule has 1 saturated heterocycles. The summed E-state index contributed by atoms with van der Waals surface area (Å²) in [6.45, 7) is 9.26. The van der Waals surface area contributed by atoms with E-state index in [-0.39, 0.29) is 5.91 Å². The lowest BCUT2D eigenvalue weighted by Crippen LogP contribution is -2.51. The zero-order valence-electron chi connectivity index (χ0n) is 14.2. The molecule has 1 saturated carbocycles. The van der Waals surface area contributed by atoms with E-state index in [9.17, 15) is 9.59 Å². The Kier molecular flexibility index (Phi) is 6.68. The molecule has 1 heterocycles. The molecule has 0 unspecified atom stereocenters. The van der Waals surface area contributed by atoms with Crippen molar-refractivity contribution in [2.45, 2.75) is 46.0 Å². The van der Waals surface area contributed by atoms with Crippen LogP contribution in [0.15, 0.2) is 0 Å². The van der Waals surface area contributed by atoms with E-state index < -0.39 is 0 Å². The average molecular weight is 309 g/mol. The first kappa shape index (κ1) is 17.3. The maximum absolute atomic E-state index is 12.3. The van der Waals surface area contributed by atoms with Gasteiger partial charge in [0.05, 0.1) is 6.54 Å². The van der Waals surface area contributed by atoms with Crippen molar-refractivity contribution in [3.8, 4) is 0 Å². The van der Waals surface area contributed by atoms with Gasteiger partial charge in [-0.05, 0) is 32.6 Å². The Balaban J connectivity index is 1.70. The van der Waals surface area contributed by atoms with Crippen LogP contribution < -0.4 is 0 Å². The van der Waals surface area contributed by atoms with Crippen LogP contribution in [0.4, 0.5) is 0 Å². The van der Waals surface area contributed by atoms with Gasteiger partial charge in [0.2, 0.25) is 11.8 Å². The fraction of sp³-hybridized carbons (Fsp3) is 0.882. The third kappa shape index (κ3) is 4.70. The maximum atomic E-state index is 12.3. The molecule has 5 heteroatoms. The smallest absolute Gasteiger partial charge is 0.236 e. The van der Waals surface area contributed by atoms with Crippen LogP contribution in [0, 0.1) is 5.92 Å². The first-order valence-electron chi connectivity index (χ1n) is 8.92. The molecule has 2 rings (SSSR count). The Labute approximate surface area is 134 Å². The Morgan fingerprint density at radius 1 is 1.00 bits per heavy atom. The van der Waals surface area contributed by atoms with E-state index in [4.69, 9.17) is 0 Å². The third-order valence-corrected chi connectivity index (χ3v) is 5.14. The predicted molar refractivity (Wildman–Crippen MR) is 87.5 cm³/mol. The molecule has 0 aromatic rings. The fourth-order valence-corrected chi connectivity index (χ4v) is 3.61. The van der Waals surface area contributed by atoms with Crippen LogP contribution in [-0.4, -0.2) is 72.3 Å². The summed E-state index contributed by atoms with van der Waals surface area (Å²) in [6.07, 6.45) is 5.77. The van der Waals surface area contributed by atoms with Gasteiger partial charge in [0, 0.05) is 45.7 Å². The largest absolute Gasteiger partial charge is 0.342 e. The van der Waals surface area contributed by atoms with Crippen LogP contribution in [0.3, 0.4) is 0 Å². The second-order valence-corrected chi connectivity index (χ2v) is 6.58. The number of carbonyl (C=O) groups is 2.